The Kier molecular flexibility index (Phi) is 5.75. The fourth-order valence-corrected chi connectivity index (χ4v) is 3.65. The highest BCUT2D eigenvalue weighted by atomic mass is 16.5. The molecular weight excluding hydrogens is 378 g/mol. The number of aliphatic imine (C=N–C) groups is 1. The topological polar surface area (TPSA) is 79.8 Å². The van der Waals surface area contributed by atoms with Gasteiger partial charge in [0.05, 0.1) is 5.71 Å². The summed E-state index contributed by atoms with van der Waals surface area (Å²) in [5.41, 5.74) is 4.36. The lowest BCUT2D eigenvalue weighted by Gasteiger charge is -2.24. The average molecular weight is 401 g/mol. The summed E-state index contributed by atoms with van der Waals surface area (Å²) in [4.78, 5) is 29.9. The van der Waals surface area contributed by atoms with E-state index in [9.17, 15) is 9.59 Å². The van der Waals surface area contributed by atoms with Gasteiger partial charge in [-0.3, -0.25) is 15.1 Å². The van der Waals surface area contributed by atoms with Gasteiger partial charge in [-0.05, 0) is 30.0 Å². The van der Waals surface area contributed by atoms with Crippen LogP contribution < -0.4 is 10.6 Å². The van der Waals surface area contributed by atoms with Crippen LogP contribution in [0.4, 0.5) is 4.79 Å². The van der Waals surface area contributed by atoms with E-state index in [0.717, 1.165) is 34.5 Å². The predicted octanol–water partition coefficient (Wildman–Crippen LogP) is 3.71. The van der Waals surface area contributed by atoms with Crippen LogP contribution in [0.25, 0.3) is 0 Å². The molecule has 2 aromatic rings. The summed E-state index contributed by atoms with van der Waals surface area (Å²) in [5.74, 6) is -0.458. The molecule has 0 aromatic heterocycles. The molecule has 1 heterocycles. The molecule has 2 amide bonds. The minimum atomic E-state index is -1.07. The highest BCUT2D eigenvalue weighted by molar-refractivity contribution is 6.07. The van der Waals surface area contributed by atoms with Crippen molar-refractivity contribution in [2.24, 2.45) is 10.9 Å². The molecule has 1 unspecified atom stereocenters. The van der Waals surface area contributed by atoms with Crippen LogP contribution in [-0.4, -0.2) is 23.9 Å². The first-order valence-corrected chi connectivity index (χ1v) is 9.90. The number of carbonyl (C=O) groups is 2. The molecular formula is C24H23N3O3. The summed E-state index contributed by atoms with van der Waals surface area (Å²) in [7, 11) is 0. The zero-order valence-corrected chi connectivity index (χ0v) is 16.7. The summed E-state index contributed by atoms with van der Waals surface area (Å²) in [6, 6.07) is 19.1. The third kappa shape index (κ3) is 4.33. The molecule has 2 atom stereocenters. The first kappa shape index (κ1) is 19.6. The number of amides is 2. The molecule has 2 aliphatic rings. The van der Waals surface area contributed by atoms with Gasteiger partial charge in [-0.2, -0.15) is 0 Å². The molecule has 2 aromatic carbocycles. The van der Waals surface area contributed by atoms with Crippen molar-refractivity contribution in [1.82, 2.24) is 10.6 Å². The molecule has 0 saturated heterocycles. The molecule has 6 heteroatoms. The number of ether oxygens (including phenoxy) is 1. The van der Waals surface area contributed by atoms with Crippen LogP contribution in [0.15, 0.2) is 89.1 Å². The summed E-state index contributed by atoms with van der Waals surface area (Å²) >= 11 is 0. The number of nitrogens with one attached hydrogen (secondary N) is 2. The van der Waals surface area contributed by atoms with Gasteiger partial charge in [0.1, 0.15) is 6.61 Å². The van der Waals surface area contributed by atoms with Gasteiger partial charge in [-0.15, -0.1) is 0 Å². The summed E-state index contributed by atoms with van der Waals surface area (Å²) in [6.07, 6.45) is 3.04. The molecule has 4 rings (SSSR count). The van der Waals surface area contributed by atoms with Crippen molar-refractivity contribution in [3.8, 4) is 0 Å². The zero-order valence-electron chi connectivity index (χ0n) is 16.7. The van der Waals surface area contributed by atoms with Crippen LogP contribution in [0.5, 0.6) is 0 Å². The molecule has 2 N–H and O–H groups in total. The lowest BCUT2D eigenvalue weighted by atomic mass is 9.85. The predicted molar refractivity (Wildman–Crippen MR) is 115 cm³/mol. The second-order valence-corrected chi connectivity index (χ2v) is 7.27. The van der Waals surface area contributed by atoms with E-state index >= 15 is 0 Å². The molecule has 1 aliphatic heterocycles. The quantitative estimate of drug-likeness (QED) is 0.820. The number of alkyl carbamates (subject to hydrolysis) is 1. The lowest BCUT2D eigenvalue weighted by molar-refractivity contribution is -0.122. The van der Waals surface area contributed by atoms with Crippen molar-refractivity contribution < 1.29 is 14.3 Å². The maximum Gasteiger partial charge on any atom is 0.409 e. The van der Waals surface area contributed by atoms with Crippen LogP contribution in [0.2, 0.25) is 0 Å². The van der Waals surface area contributed by atoms with Gasteiger partial charge >= 0.3 is 6.09 Å². The molecule has 1 aliphatic carbocycles. The average Bonchev–Trinajstić information content (AvgIpc) is 2.91. The number of allylic oxidation sites excluding steroid dienone is 4. The Hall–Kier alpha value is -3.67. The van der Waals surface area contributed by atoms with E-state index in [-0.39, 0.29) is 18.4 Å². The van der Waals surface area contributed by atoms with Gasteiger partial charge in [0.15, 0.2) is 0 Å². The summed E-state index contributed by atoms with van der Waals surface area (Å²) in [6.45, 7) is 2.08. The Morgan fingerprint density at radius 2 is 1.83 bits per heavy atom. The Labute approximate surface area is 175 Å². The van der Waals surface area contributed by atoms with E-state index in [1.807, 2.05) is 73.7 Å². The smallest absolute Gasteiger partial charge is 0.409 e. The van der Waals surface area contributed by atoms with Crippen LogP contribution in [-0.2, 0) is 16.1 Å². The largest absolute Gasteiger partial charge is 0.445 e. The van der Waals surface area contributed by atoms with Gasteiger partial charge in [0, 0.05) is 11.6 Å². The monoisotopic (exact) mass is 401 g/mol. The van der Waals surface area contributed by atoms with Crippen LogP contribution >= 0.6 is 0 Å². The second kappa shape index (κ2) is 8.78. The molecule has 30 heavy (non-hydrogen) atoms. The molecule has 152 valence electrons. The van der Waals surface area contributed by atoms with Gasteiger partial charge in [-0.25, -0.2) is 4.79 Å². The van der Waals surface area contributed by atoms with Gasteiger partial charge in [0.2, 0.25) is 6.17 Å². The first-order valence-electron chi connectivity index (χ1n) is 9.90. The molecule has 0 saturated carbocycles. The van der Waals surface area contributed by atoms with Crippen molar-refractivity contribution >= 4 is 17.7 Å². The van der Waals surface area contributed by atoms with Crippen LogP contribution in [0.3, 0.4) is 0 Å². The molecule has 0 radical (unpaired) electrons. The standard InChI is InChI=1S/C24H23N3O3/c1-16-9-8-14-19-20(16)26-23(28)22(25-21(19)18-12-6-3-7-13-18)27-24(29)30-15-17-10-4-2-5-11-17/h2-13,19,22H,14-15H2,1H3,(H,26,28)(H,27,29)/t19?,22-/m1/s1. The number of fused-ring (bicyclic) bond motifs is 1. The Bertz CT molecular complexity index is 1030. The fourth-order valence-electron chi connectivity index (χ4n) is 3.65. The Morgan fingerprint density at radius 3 is 2.57 bits per heavy atom. The van der Waals surface area contributed by atoms with Crippen molar-refractivity contribution in [2.75, 3.05) is 0 Å². The minimum Gasteiger partial charge on any atom is -0.445 e. The molecule has 6 nitrogen and oxygen atoms in total. The van der Waals surface area contributed by atoms with Gasteiger partial charge in [-0.1, -0.05) is 72.8 Å². The van der Waals surface area contributed by atoms with Crippen LogP contribution in [0, 0.1) is 5.92 Å². The highest BCUT2D eigenvalue weighted by Crippen LogP contribution is 2.29. The summed E-state index contributed by atoms with van der Waals surface area (Å²) < 4.78 is 5.28. The number of hydrogen-bond acceptors (Lipinski definition) is 4. The number of rotatable bonds is 4. The zero-order chi connectivity index (χ0) is 20.9. The van der Waals surface area contributed by atoms with E-state index in [4.69, 9.17) is 4.74 Å². The van der Waals surface area contributed by atoms with Crippen LogP contribution in [0.1, 0.15) is 24.5 Å². The minimum absolute atomic E-state index is 0.0755. The van der Waals surface area contributed by atoms with Crippen molar-refractivity contribution in [3.63, 3.8) is 0 Å². The molecule has 0 spiro atoms. The summed E-state index contributed by atoms with van der Waals surface area (Å²) in [5, 5.41) is 5.56. The number of hydrogen-bond donors (Lipinski definition) is 2. The van der Waals surface area contributed by atoms with E-state index < -0.39 is 12.3 Å². The van der Waals surface area contributed by atoms with Crippen molar-refractivity contribution in [3.05, 3.63) is 95.2 Å². The normalized spacial score (nSPS) is 20.6. The van der Waals surface area contributed by atoms with E-state index in [1.54, 1.807) is 0 Å². The van der Waals surface area contributed by atoms with E-state index in [1.165, 1.54) is 0 Å². The van der Waals surface area contributed by atoms with Crippen molar-refractivity contribution in [2.45, 2.75) is 26.1 Å². The highest BCUT2D eigenvalue weighted by Gasteiger charge is 2.33. The number of carbonyl (C=O) groups excluding carboxylic acids is 2. The maximum atomic E-state index is 12.9. The number of nitrogens with zero attached hydrogens (tertiary/aromatic N) is 1. The second-order valence-electron chi connectivity index (χ2n) is 7.27. The van der Waals surface area contributed by atoms with E-state index in [2.05, 4.69) is 21.7 Å². The maximum absolute atomic E-state index is 12.9. The fraction of sp³-hybridized carbons (Fsp3) is 0.208. The molecule has 0 fully saturated rings. The SMILES string of the molecule is CC1=C2NC(=O)[C@@H](NC(=O)OCc3ccccc3)N=C(c3ccccc3)C2CC=C1. The van der Waals surface area contributed by atoms with Gasteiger partial charge in [0.25, 0.3) is 5.91 Å². The van der Waals surface area contributed by atoms with E-state index in [0.29, 0.717) is 0 Å². The third-order valence-electron chi connectivity index (χ3n) is 5.15. The Morgan fingerprint density at radius 1 is 1.13 bits per heavy atom. The number of benzene rings is 2. The third-order valence-corrected chi connectivity index (χ3v) is 5.15. The lowest BCUT2D eigenvalue weighted by Crippen LogP contribution is -2.45. The van der Waals surface area contributed by atoms with Crippen molar-refractivity contribution in [1.29, 1.82) is 0 Å². The van der Waals surface area contributed by atoms with Gasteiger partial charge < -0.3 is 10.1 Å². The Balaban J connectivity index is 1.58. The first-order chi connectivity index (χ1) is 14.6. The molecule has 0 bridgehead atoms.